The van der Waals surface area contributed by atoms with Gasteiger partial charge in [0.15, 0.2) is 0 Å². The zero-order valence-corrected chi connectivity index (χ0v) is 10.8. The second-order valence-electron chi connectivity index (χ2n) is 4.59. The molecule has 0 aromatic carbocycles. The van der Waals surface area contributed by atoms with Gasteiger partial charge in [0, 0.05) is 25.0 Å². The van der Waals surface area contributed by atoms with E-state index in [9.17, 15) is 13.2 Å². The van der Waals surface area contributed by atoms with Crippen LogP contribution in [0.2, 0.25) is 0 Å². The van der Waals surface area contributed by atoms with Crippen molar-refractivity contribution in [1.82, 2.24) is 25.6 Å². The summed E-state index contributed by atoms with van der Waals surface area (Å²) < 4.78 is 39.9. The van der Waals surface area contributed by atoms with Crippen molar-refractivity contribution in [2.75, 3.05) is 7.05 Å². The minimum absolute atomic E-state index is 0.410. The van der Waals surface area contributed by atoms with Gasteiger partial charge in [-0.2, -0.15) is 18.3 Å². The number of alkyl halides is 3. The minimum atomic E-state index is -4.37. The molecule has 8 heteroatoms. The maximum Gasteiger partial charge on any atom is 0.416 e. The highest BCUT2D eigenvalue weighted by atomic mass is 19.4. The van der Waals surface area contributed by atoms with Crippen molar-refractivity contribution >= 4 is 11.2 Å². The van der Waals surface area contributed by atoms with Gasteiger partial charge in [-0.25, -0.2) is 4.52 Å². The quantitative estimate of drug-likeness (QED) is 0.839. The van der Waals surface area contributed by atoms with Gasteiger partial charge in [-0.05, 0) is 19.1 Å². The number of hydrogen-bond donors (Lipinski definition) is 2. The summed E-state index contributed by atoms with van der Waals surface area (Å²) >= 11 is 0. The third kappa shape index (κ3) is 1.97. The molecular formula is C12H12F3N5. The largest absolute Gasteiger partial charge is 0.416 e. The molecule has 0 amide bonds. The van der Waals surface area contributed by atoms with Gasteiger partial charge in [-0.1, -0.05) is 0 Å². The van der Waals surface area contributed by atoms with Crippen molar-refractivity contribution in [3.8, 4) is 0 Å². The summed E-state index contributed by atoms with van der Waals surface area (Å²) in [5.41, 5.74) is 7.43. The topological polar surface area (TPSA) is 44.6 Å². The van der Waals surface area contributed by atoms with Gasteiger partial charge in [0.1, 0.15) is 0 Å². The van der Waals surface area contributed by atoms with Gasteiger partial charge in [0.25, 0.3) is 0 Å². The van der Waals surface area contributed by atoms with Crippen LogP contribution in [0.5, 0.6) is 0 Å². The number of rotatable bonds is 1. The van der Waals surface area contributed by atoms with Gasteiger partial charge in [0.05, 0.1) is 22.5 Å². The smallest absolute Gasteiger partial charge is 0.302 e. The van der Waals surface area contributed by atoms with Crippen molar-refractivity contribution in [3.63, 3.8) is 0 Å². The fraction of sp³-hybridized carbons (Fsp3) is 0.250. The van der Waals surface area contributed by atoms with Gasteiger partial charge in [-0.15, -0.1) is 5.53 Å². The van der Waals surface area contributed by atoms with Crippen molar-refractivity contribution in [2.45, 2.75) is 13.1 Å². The summed E-state index contributed by atoms with van der Waals surface area (Å²) in [4.78, 5) is 0. The first-order valence-electron chi connectivity index (χ1n) is 5.89. The highest BCUT2D eigenvalue weighted by Gasteiger charge is 2.31. The molecule has 2 N–H and O–H groups in total. The molecule has 0 aliphatic carbocycles. The van der Waals surface area contributed by atoms with Crippen molar-refractivity contribution in [2.24, 2.45) is 0 Å². The number of hydrazine groups is 2. The second kappa shape index (κ2) is 4.14. The number of halogens is 3. The number of nitrogens with one attached hydrogen (secondary N) is 2. The van der Waals surface area contributed by atoms with Crippen LogP contribution in [-0.2, 0) is 6.18 Å². The molecule has 1 aliphatic rings. The van der Waals surface area contributed by atoms with Crippen LogP contribution >= 0.6 is 0 Å². The van der Waals surface area contributed by atoms with E-state index in [0.29, 0.717) is 22.5 Å². The molecular weight excluding hydrogens is 271 g/mol. The second-order valence-corrected chi connectivity index (χ2v) is 4.59. The van der Waals surface area contributed by atoms with E-state index >= 15 is 0 Å². The van der Waals surface area contributed by atoms with E-state index < -0.39 is 11.7 Å². The Morgan fingerprint density at radius 3 is 2.65 bits per heavy atom. The third-order valence-electron chi connectivity index (χ3n) is 3.10. The van der Waals surface area contributed by atoms with E-state index in [1.54, 1.807) is 25.2 Å². The summed E-state index contributed by atoms with van der Waals surface area (Å²) in [7, 11) is 1.78. The first-order valence-corrected chi connectivity index (χ1v) is 5.89. The number of aryl methyl sites for hydroxylation is 1. The molecule has 0 unspecified atom stereocenters. The van der Waals surface area contributed by atoms with Gasteiger partial charge >= 0.3 is 6.18 Å². The molecule has 3 rings (SSSR count). The molecule has 0 fully saturated rings. The molecule has 5 nitrogen and oxygen atoms in total. The summed E-state index contributed by atoms with van der Waals surface area (Å²) in [5.74, 6) is 0. The highest BCUT2D eigenvalue weighted by molar-refractivity contribution is 5.79. The van der Waals surface area contributed by atoms with Crippen LogP contribution in [0.15, 0.2) is 24.5 Å². The number of hydrogen-bond acceptors (Lipinski definition) is 4. The Balaban J connectivity index is 2.21. The Hall–Kier alpha value is -2.22. The maximum absolute atomic E-state index is 12.8. The number of pyridine rings is 1. The van der Waals surface area contributed by atoms with Crippen LogP contribution in [-0.4, -0.2) is 21.7 Å². The Morgan fingerprint density at radius 2 is 2.05 bits per heavy atom. The molecule has 2 aromatic rings. The molecule has 0 radical (unpaired) electrons. The zero-order valence-electron chi connectivity index (χ0n) is 10.8. The molecule has 0 spiro atoms. The van der Waals surface area contributed by atoms with Crippen molar-refractivity contribution in [1.29, 1.82) is 0 Å². The standard InChI is InChI=1S/C12H12F3N5/c1-7-11(9-6-19(2)18-16-9)10-5-8(12(13,14)15)3-4-20(10)17-7/h3-6,16,18H,1-2H3. The van der Waals surface area contributed by atoms with Crippen LogP contribution in [0.25, 0.3) is 11.2 Å². The lowest BCUT2D eigenvalue weighted by Crippen LogP contribution is -2.33. The predicted molar refractivity (Wildman–Crippen MR) is 66.9 cm³/mol. The first kappa shape index (κ1) is 12.8. The maximum atomic E-state index is 12.8. The predicted octanol–water partition coefficient (Wildman–Crippen LogP) is 1.91. The Bertz CT molecular complexity index is 701. The molecule has 0 saturated heterocycles. The average molecular weight is 283 g/mol. The van der Waals surface area contributed by atoms with E-state index in [4.69, 9.17) is 0 Å². The van der Waals surface area contributed by atoms with E-state index in [1.807, 2.05) is 0 Å². The van der Waals surface area contributed by atoms with E-state index in [0.717, 1.165) is 12.1 Å². The summed E-state index contributed by atoms with van der Waals surface area (Å²) in [5, 5.41) is 5.90. The first-order chi connectivity index (χ1) is 9.36. The van der Waals surface area contributed by atoms with Crippen LogP contribution in [0.1, 0.15) is 16.8 Å². The molecule has 106 valence electrons. The Kier molecular flexibility index (Phi) is 2.65. The lowest BCUT2D eigenvalue weighted by atomic mass is 10.1. The molecule has 1 aliphatic heterocycles. The van der Waals surface area contributed by atoms with Crippen LogP contribution in [0.3, 0.4) is 0 Å². The lowest BCUT2D eigenvalue weighted by molar-refractivity contribution is -0.137. The van der Waals surface area contributed by atoms with Crippen LogP contribution < -0.4 is 11.0 Å². The number of aromatic nitrogens is 2. The summed E-state index contributed by atoms with van der Waals surface area (Å²) in [6.07, 6.45) is -1.30. The monoisotopic (exact) mass is 283 g/mol. The molecule has 20 heavy (non-hydrogen) atoms. The zero-order chi connectivity index (χ0) is 14.5. The lowest BCUT2D eigenvalue weighted by Gasteiger charge is -2.08. The van der Waals surface area contributed by atoms with Gasteiger partial charge in [-0.3, -0.25) is 5.01 Å². The van der Waals surface area contributed by atoms with Crippen molar-refractivity contribution in [3.05, 3.63) is 41.4 Å². The summed E-state index contributed by atoms with van der Waals surface area (Å²) in [6, 6.07) is 2.13. The average Bonchev–Trinajstić information content (AvgIpc) is 2.89. The number of fused-ring (bicyclic) bond motifs is 1. The van der Waals surface area contributed by atoms with Gasteiger partial charge in [0.2, 0.25) is 0 Å². The number of nitrogens with zero attached hydrogens (tertiary/aromatic N) is 3. The van der Waals surface area contributed by atoms with Gasteiger partial charge < -0.3 is 5.43 Å². The SMILES string of the molecule is Cc1nn2ccc(C(F)(F)F)cc2c1C1=CN(C)NN1. The van der Waals surface area contributed by atoms with E-state index in [1.165, 1.54) is 10.7 Å². The summed E-state index contributed by atoms with van der Waals surface area (Å²) in [6.45, 7) is 1.76. The van der Waals surface area contributed by atoms with Crippen LogP contribution in [0, 0.1) is 6.92 Å². The molecule has 2 aromatic heterocycles. The molecule has 3 heterocycles. The fourth-order valence-electron chi connectivity index (χ4n) is 2.21. The van der Waals surface area contributed by atoms with Crippen molar-refractivity contribution < 1.29 is 13.2 Å². The Morgan fingerprint density at radius 1 is 1.30 bits per heavy atom. The fourth-order valence-corrected chi connectivity index (χ4v) is 2.21. The third-order valence-corrected chi connectivity index (χ3v) is 3.10. The Labute approximate surface area is 112 Å². The molecule has 0 atom stereocenters. The molecule has 0 saturated carbocycles. The molecule has 0 bridgehead atoms. The van der Waals surface area contributed by atoms with Crippen LogP contribution in [0.4, 0.5) is 13.2 Å². The van der Waals surface area contributed by atoms with E-state index in [-0.39, 0.29) is 0 Å². The normalized spacial score (nSPS) is 15.7. The minimum Gasteiger partial charge on any atom is -0.302 e. The highest BCUT2D eigenvalue weighted by Crippen LogP contribution is 2.32. The van der Waals surface area contributed by atoms with E-state index in [2.05, 4.69) is 16.1 Å².